The molecule has 0 aromatic heterocycles. The predicted octanol–water partition coefficient (Wildman–Crippen LogP) is 3.78. The van der Waals surface area contributed by atoms with E-state index in [1.54, 1.807) is 10.4 Å². The van der Waals surface area contributed by atoms with Gasteiger partial charge in [-0.2, -0.15) is 4.31 Å². The summed E-state index contributed by atoms with van der Waals surface area (Å²) in [5.74, 6) is -0.123. The van der Waals surface area contributed by atoms with E-state index in [-0.39, 0.29) is 17.9 Å². The fraction of sp³-hybridized carbons (Fsp3) is 0.519. The number of amides is 1. The Balaban J connectivity index is 1.35. The van der Waals surface area contributed by atoms with Crippen LogP contribution in [0.3, 0.4) is 0 Å². The number of hydrogen-bond acceptors (Lipinski definition) is 4. The van der Waals surface area contributed by atoms with Gasteiger partial charge in [-0.05, 0) is 74.0 Å². The average molecular weight is 484 g/mol. The van der Waals surface area contributed by atoms with Gasteiger partial charge in [0, 0.05) is 25.6 Å². The molecule has 1 saturated heterocycles. The molecule has 1 heterocycles. The molecule has 184 valence electrons. The third kappa shape index (κ3) is 5.37. The highest BCUT2D eigenvalue weighted by Gasteiger charge is 2.33. The molecule has 0 radical (unpaired) electrons. The van der Waals surface area contributed by atoms with Crippen LogP contribution in [0, 0.1) is 5.92 Å². The van der Waals surface area contributed by atoms with Crippen LogP contribution in [0.5, 0.6) is 0 Å². The number of carbonyl (C=O) groups is 1. The van der Waals surface area contributed by atoms with Gasteiger partial charge in [0.05, 0.1) is 10.9 Å². The van der Waals surface area contributed by atoms with Gasteiger partial charge in [-0.15, -0.1) is 0 Å². The van der Waals surface area contributed by atoms with Crippen molar-refractivity contribution in [3.8, 4) is 0 Å². The van der Waals surface area contributed by atoms with Crippen LogP contribution < -0.4 is 5.32 Å². The molecule has 0 saturated carbocycles. The summed E-state index contributed by atoms with van der Waals surface area (Å²) in [6.07, 6.45) is 4.20. The number of benzene rings is 2. The second kappa shape index (κ2) is 11.0. The van der Waals surface area contributed by atoms with Crippen LogP contribution in [-0.4, -0.2) is 56.3 Å². The predicted molar refractivity (Wildman–Crippen MR) is 135 cm³/mol. The minimum absolute atomic E-state index is 0.0302. The van der Waals surface area contributed by atoms with E-state index in [2.05, 4.69) is 36.2 Å². The van der Waals surface area contributed by atoms with E-state index < -0.39 is 10.0 Å². The molecule has 1 aliphatic carbocycles. The van der Waals surface area contributed by atoms with E-state index in [0.29, 0.717) is 37.4 Å². The molecule has 0 spiro atoms. The number of piperidine rings is 1. The maximum atomic E-state index is 13.2. The summed E-state index contributed by atoms with van der Waals surface area (Å²) < 4.78 is 27.9. The number of nitrogens with zero attached hydrogens (tertiary/aromatic N) is 2. The van der Waals surface area contributed by atoms with Gasteiger partial charge < -0.3 is 5.32 Å². The van der Waals surface area contributed by atoms with Crippen molar-refractivity contribution in [2.75, 3.05) is 32.7 Å². The Morgan fingerprint density at radius 1 is 1.03 bits per heavy atom. The van der Waals surface area contributed by atoms with Gasteiger partial charge in [0.25, 0.3) is 0 Å². The number of sulfonamides is 1. The number of hydrogen-bond donors (Lipinski definition) is 1. The first-order valence-electron chi connectivity index (χ1n) is 12.6. The third-order valence-electron chi connectivity index (χ3n) is 7.44. The molecule has 1 unspecified atom stereocenters. The summed E-state index contributed by atoms with van der Waals surface area (Å²) >= 11 is 0. The molecule has 1 fully saturated rings. The lowest BCUT2D eigenvalue weighted by molar-refractivity contribution is -0.126. The van der Waals surface area contributed by atoms with Crippen molar-refractivity contribution >= 4 is 15.9 Å². The minimum atomic E-state index is -3.52. The van der Waals surface area contributed by atoms with Crippen molar-refractivity contribution in [2.45, 2.75) is 56.9 Å². The monoisotopic (exact) mass is 483 g/mol. The third-order valence-corrected chi connectivity index (χ3v) is 9.33. The fourth-order valence-corrected chi connectivity index (χ4v) is 6.88. The van der Waals surface area contributed by atoms with E-state index in [9.17, 15) is 13.2 Å². The maximum Gasteiger partial charge on any atom is 0.243 e. The van der Waals surface area contributed by atoms with Crippen LogP contribution in [-0.2, 0) is 27.7 Å². The molecule has 1 aliphatic heterocycles. The van der Waals surface area contributed by atoms with Crippen molar-refractivity contribution in [3.63, 3.8) is 0 Å². The molecule has 2 aliphatic rings. The van der Waals surface area contributed by atoms with Gasteiger partial charge >= 0.3 is 0 Å². The molecule has 1 N–H and O–H groups in total. The first-order chi connectivity index (χ1) is 16.4. The minimum Gasteiger partial charge on any atom is -0.354 e. The molecule has 2 aromatic carbocycles. The summed E-state index contributed by atoms with van der Waals surface area (Å²) in [6.45, 7) is 7.41. The van der Waals surface area contributed by atoms with Gasteiger partial charge in [0.1, 0.15) is 0 Å². The number of carbonyl (C=O) groups excluding carboxylic acids is 1. The quantitative estimate of drug-likeness (QED) is 0.589. The second-order valence-electron chi connectivity index (χ2n) is 9.36. The Hall–Kier alpha value is -2.22. The largest absolute Gasteiger partial charge is 0.354 e. The van der Waals surface area contributed by atoms with Crippen LogP contribution in [0.4, 0.5) is 0 Å². The summed E-state index contributed by atoms with van der Waals surface area (Å²) in [5.41, 5.74) is 3.63. The highest BCUT2D eigenvalue weighted by atomic mass is 32.2. The molecule has 1 atom stereocenters. The normalized spacial score (nSPS) is 18.1. The van der Waals surface area contributed by atoms with E-state index in [0.717, 1.165) is 37.9 Å². The zero-order valence-electron chi connectivity index (χ0n) is 20.4. The number of aryl methyl sites for hydroxylation is 2. The molecular weight excluding hydrogens is 446 g/mol. The zero-order valence-corrected chi connectivity index (χ0v) is 21.2. The van der Waals surface area contributed by atoms with Crippen molar-refractivity contribution in [1.82, 2.24) is 14.5 Å². The Kier molecular flexibility index (Phi) is 8.06. The maximum absolute atomic E-state index is 13.2. The molecule has 4 rings (SSSR count). The fourth-order valence-electron chi connectivity index (χ4n) is 5.36. The van der Waals surface area contributed by atoms with Crippen molar-refractivity contribution in [1.29, 1.82) is 0 Å². The lowest BCUT2D eigenvalue weighted by atomic mass is 9.97. The Morgan fingerprint density at radius 3 is 2.38 bits per heavy atom. The number of nitrogens with one attached hydrogen (secondary N) is 1. The van der Waals surface area contributed by atoms with Crippen LogP contribution >= 0.6 is 0 Å². The van der Waals surface area contributed by atoms with Gasteiger partial charge in [0.2, 0.25) is 15.9 Å². The Morgan fingerprint density at radius 2 is 1.71 bits per heavy atom. The topological polar surface area (TPSA) is 69.7 Å². The summed E-state index contributed by atoms with van der Waals surface area (Å²) in [7, 11) is -3.52. The molecule has 0 bridgehead atoms. The molecule has 6 nitrogen and oxygen atoms in total. The number of rotatable bonds is 9. The highest BCUT2D eigenvalue weighted by Crippen LogP contribution is 2.29. The first-order valence-corrected chi connectivity index (χ1v) is 14.1. The average Bonchev–Trinajstić information content (AvgIpc) is 3.35. The van der Waals surface area contributed by atoms with E-state index in [1.165, 1.54) is 11.1 Å². The van der Waals surface area contributed by atoms with Crippen LogP contribution in [0.15, 0.2) is 53.4 Å². The SMILES string of the molecule is CCN(CC)C(CNC(=O)C1CCN(S(=O)(=O)c2ccc3c(c2)CCC3)CC1)c1ccccc1. The summed E-state index contributed by atoms with van der Waals surface area (Å²) in [6, 6.07) is 16.0. The number of likely N-dealkylation sites (N-methyl/N-ethyl adjacent to an activating group) is 1. The molecule has 1 amide bonds. The zero-order chi connectivity index (χ0) is 24.1. The Labute approximate surface area is 204 Å². The van der Waals surface area contributed by atoms with Gasteiger partial charge in [-0.3, -0.25) is 9.69 Å². The van der Waals surface area contributed by atoms with Crippen LogP contribution in [0.1, 0.15) is 55.8 Å². The van der Waals surface area contributed by atoms with Crippen molar-refractivity contribution in [2.24, 2.45) is 5.92 Å². The van der Waals surface area contributed by atoms with Crippen molar-refractivity contribution < 1.29 is 13.2 Å². The van der Waals surface area contributed by atoms with Crippen LogP contribution in [0.2, 0.25) is 0 Å². The number of fused-ring (bicyclic) bond motifs is 1. The second-order valence-corrected chi connectivity index (χ2v) is 11.3. The van der Waals surface area contributed by atoms with Crippen molar-refractivity contribution in [3.05, 3.63) is 65.2 Å². The van der Waals surface area contributed by atoms with E-state index >= 15 is 0 Å². The van der Waals surface area contributed by atoms with Crippen LogP contribution in [0.25, 0.3) is 0 Å². The summed E-state index contributed by atoms with van der Waals surface area (Å²) in [4.78, 5) is 15.7. The molecule has 2 aromatic rings. The summed E-state index contributed by atoms with van der Waals surface area (Å²) in [5, 5.41) is 3.17. The molecule has 7 heteroatoms. The Bertz CT molecular complexity index is 1080. The smallest absolute Gasteiger partial charge is 0.243 e. The standard InChI is InChI=1S/C27H37N3O3S/c1-3-29(4-2)26(22-9-6-5-7-10-22)20-28-27(31)23-15-17-30(18-16-23)34(32,33)25-14-13-21-11-8-12-24(21)19-25/h5-7,9-10,13-14,19,23,26H,3-4,8,11-12,15-18,20H2,1-2H3,(H,28,31). The lowest BCUT2D eigenvalue weighted by Gasteiger charge is -2.33. The van der Waals surface area contributed by atoms with Gasteiger partial charge in [-0.1, -0.05) is 50.2 Å². The highest BCUT2D eigenvalue weighted by molar-refractivity contribution is 7.89. The van der Waals surface area contributed by atoms with E-state index in [1.807, 2.05) is 30.3 Å². The first kappa shape index (κ1) is 24.9. The lowest BCUT2D eigenvalue weighted by Crippen LogP contribution is -2.45. The van der Waals surface area contributed by atoms with Gasteiger partial charge in [-0.25, -0.2) is 8.42 Å². The molecule has 34 heavy (non-hydrogen) atoms. The van der Waals surface area contributed by atoms with Gasteiger partial charge in [0.15, 0.2) is 0 Å². The molecular formula is C27H37N3O3S. The van der Waals surface area contributed by atoms with E-state index in [4.69, 9.17) is 0 Å².